The summed E-state index contributed by atoms with van der Waals surface area (Å²) in [5.41, 5.74) is 4.91. The van der Waals surface area contributed by atoms with Gasteiger partial charge in [0.1, 0.15) is 10.8 Å². The maximum Gasteiger partial charge on any atom is 0.123 e. The van der Waals surface area contributed by atoms with E-state index >= 15 is 0 Å². The van der Waals surface area contributed by atoms with Gasteiger partial charge in [-0.05, 0) is 43.5 Å². The number of benzene rings is 1. The van der Waals surface area contributed by atoms with E-state index < -0.39 is 0 Å². The molecule has 2 rings (SSSR count). The molecular weight excluding hydrogens is 218 g/mol. The van der Waals surface area contributed by atoms with Gasteiger partial charge in [-0.25, -0.2) is 4.98 Å². The SMILES string of the molecule is COc1cc(C)c(-c2nccs2)c(C)c1C. The number of hydrogen-bond donors (Lipinski definition) is 0. The summed E-state index contributed by atoms with van der Waals surface area (Å²) in [6.45, 7) is 6.32. The number of aryl methyl sites for hydroxylation is 1. The molecule has 1 aromatic carbocycles. The minimum atomic E-state index is 0.954. The Hall–Kier alpha value is -1.35. The first-order valence-electron chi connectivity index (χ1n) is 5.19. The van der Waals surface area contributed by atoms with E-state index in [1.54, 1.807) is 18.4 Å². The molecule has 0 radical (unpaired) electrons. The third kappa shape index (κ3) is 1.71. The smallest absolute Gasteiger partial charge is 0.123 e. The Bertz CT molecular complexity index is 503. The number of nitrogens with zero attached hydrogens (tertiary/aromatic N) is 1. The lowest BCUT2D eigenvalue weighted by molar-refractivity contribution is 0.411. The van der Waals surface area contributed by atoms with Crippen LogP contribution in [0.5, 0.6) is 5.75 Å². The number of thiazole rings is 1. The predicted octanol–water partition coefficient (Wildman–Crippen LogP) is 3.74. The molecule has 1 heterocycles. The Balaban J connectivity index is 2.68. The Morgan fingerprint density at radius 2 is 1.94 bits per heavy atom. The zero-order valence-electron chi connectivity index (χ0n) is 10.00. The van der Waals surface area contributed by atoms with Gasteiger partial charge in [-0.15, -0.1) is 11.3 Å². The molecule has 0 aliphatic heterocycles. The predicted molar refractivity (Wildman–Crippen MR) is 68.3 cm³/mol. The van der Waals surface area contributed by atoms with Gasteiger partial charge >= 0.3 is 0 Å². The largest absolute Gasteiger partial charge is 0.496 e. The molecule has 84 valence electrons. The molecule has 3 heteroatoms. The lowest BCUT2D eigenvalue weighted by Crippen LogP contribution is -1.96. The molecule has 16 heavy (non-hydrogen) atoms. The van der Waals surface area contributed by atoms with Crippen LogP contribution in [-0.4, -0.2) is 12.1 Å². The average molecular weight is 233 g/mol. The van der Waals surface area contributed by atoms with Crippen molar-refractivity contribution in [2.45, 2.75) is 20.8 Å². The molecule has 0 N–H and O–H groups in total. The van der Waals surface area contributed by atoms with Crippen LogP contribution in [0, 0.1) is 20.8 Å². The van der Waals surface area contributed by atoms with Gasteiger partial charge in [-0.3, -0.25) is 0 Å². The van der Waals surface area contributed by atoms with Crippen molar-refractivity contribution in [2.24, 2.45) is 0 Å². The first-order chi connectivity index (χ1) is 7.65. The van der Waals surface area contributed by atoms with Crippen molar-refractivity contribution in [1.82, 2.24) is 4.98 Å². The van der Waals surface area contributed by atoms with Crippen molar-refractivity contribution in [3.8, 4) is 16.3 Å². The topological polar surface area (TPSA) is 22.1 Å². The fourth-order valence-electron chi connectivity index (χ4n) is 1.93. The number of rotatable bonds is 2. The first-order valence-corrected chi connectivity index (χ1v) is 6.07. The summed E-state index contributed by atoms with van der Waals surface area (Å²) in [7, 11) is 1.71. The van der Waals surface area contributed by atoms with Gasteiger partial charge < -0.3 is 4.74 Å². The van der Waals surface area contributed by atoms with Crippen molar-refractivity contribution < 1.29 is 4.74 Å². The average Bonchev–Trinajstić information content (AvgIpc) is 2.77. The van der Waals surface area contributed by atoms with Crippen molar-refractivity contribution in [3.05, 3.63) is 34.3 Å². The molecular formula is C13H15NOS. The van der Waals surface area contributed by atoms with Crippen LogP contribution in [0.1, 0.15) is 16.7 Å². The summed E-state index contributed by atoms with van der Waals surface area (Å²) in [6.07, 6.45) is 1.85. The Labute approximate surface area is 99.9 Å². The third-order valence-corrected chi connectivity index (χ3v) is 3.71. The van der Waals surface area contributed by atoms with Crippen LogP contribution >= 0.6 is 11.3 Å². The fraction of sp³-hybridized carbons (Fsp3) is 0.308. The molecule has 0 saturated heterocycles. The molecule has 1 aromatic heterocycles. The number of hydrogen-bond acceptors (Lipinski definition) is 3. The Kier molecular flexibility index (Phi) is 2.97. The van der Waals surface area contributed by atoms with Gasteiger partial charge in [0.15, 0.2) is 0 Å². The van der Waals surface area contributed by atoms with Gasteiger partial charge in [0.25, 0.3) is 0 Å². The third-order valence-electron chi connectivity index (χ3n) is 2.92. The standard InChI is InChI=1S/C13H15NOS/c1-8-7-11(15-4)9(2)10(3)12(8)13-14-5-6-16-13/h5-7H,1-4H3. The maximum atomic E-state index is 5.36. The van der Waals surface area contributed by atoms with Crippen LogP contribution in [0.15, 0.2) is 17.6 Å². The molecule has 0 aliphatic carbocycles. The molecule has 0 bridgehead atoms. The van der Waals surface area contributed by atoms with Gasteiger partial charge in [0.2, 0.25) is 0 Å². The van der Waals surface area contributed by atoms with Gasteiger partial charge in [0.05, 0.1) is 7.11 Å². The van der Waals surface area contributed by atoms with E-state index in [4.69, 9.17) is 4.74 Å². The van der Waals surface area contributed by atoms with Crippen molar-refractivity contribution in [3.63, 3.8) is 0 Å². The van der Waals surface area contributed by atoms with Crippen LogP contribution in [0.25, 0.3) is 10.6 Å². The van der Waals surface area contributed by atoms with Gasteiger partial charge in [-0.2, -0.15) is 0 Å². The molecule has 0 saturated carbocycles. The Morgan fingerprint density at radius 3 is 2.50 bits per heavy atom. The molecule has 0 amide bonds. The molecule has 0 spiro atoms. The van der Waals surface area contributed by atoms with E-state index in [0.717, 1.165) is 10.8 Å². The minimum Gasteiger partial charge on any atom is -0.496 e. The van der Waals surface area contributed by atoms with Crippen LogP contribution in [0.3, 0.4) is 0 Å². The second-order valence-electron chi connectivity index (χ2n) is 3.86. The quantitative estimate of drug-likeness (QED) is 0.788. The highest BCUT2D eigenvalue weighted by atomic mass is 32.1. The molecule has 2 aromatic rings. The second kappa shape index (κ2) is 4.26. The van der Waals surface area contributed by atoms with Crippen LogP contribution < -0.4 is 4.74 Å². The zero-order valence-corrected chi connectivity index (χ0v) is 10.8. The van der Waals surface area contributed by atoms with Gasteiger partial charge in [0, 0.05) is 17.1 Å². The van der Waals surface area contributed by atoms with E-state index in [1.807, 2.05) is 11.6 Å². The van der Waals surface area contributed by atoms with E-state index in [0.29, 0.717) is 0 Å². The fourth-order valence-corrected chi connectivity index (χ4v) is 2.74. The van der Waals surface area contributed by atoms with E-state index in [1.165, 1.54) is 22.3 Å². The normalized spacial score (nSPS) is 10.5. The maximum absolute atomic E-state index is 5.36. The first kappa shape index (κ1) is 11.1. The van der Waals surface area contributed by atoms with E-state index in [9.17, 15) is 0 Å². The van der Waals surface area contributed by atoms with Crippen molar-refractivity contribution in [2.75, 3.05) is 7.11 Å². The molecule has 0 unspecified atom stereocenters. The molecule has 0 atom stereocenters. The van der Waals surface area contributed by atoms with Crippen LogP contribution in [0.2, 0.25) is 0 Å². The van der Waals surface area contributed by atoms with Gasteiger partial charge in [-0.1, -0.05) is 0 Å². The minimum absolute atomic E-state index is 0.954. The summed E-state index contributed by atoms with van der Waals surface area (Å²) in [5.74, 6) is 0.954. The van der Waals surface area contributed by atoms with Crippen molar-refractivity contribution in [1.29, 1.82) is 0 Å². The lowest BCUT2D eigenvalue weighted by Gasteiger charge is -2.14. The summed E-state index contributed by atoms with van der Waals surface area (Å²) in [5, 5.41) is 3.09. The highest BCUT2D eigenvalue weighted by Crippen LogP contribution is 2.35. The number of aromatic nitrogens is 1. The van der Waals surface area contributed by atoms with Crippen molar-refractivity contribution >= 4 is 11.3 Å². The highest BCUT2D eigenvalue weighted by molar-refractivity contribution is 7.13. The monoisotopic (exact) mass is 233 g/mol. The molecule has 2 nitrogen and oxygen atoms in total. The lowest BCUT2D eigenvalue weighted by atomic mass is 9.98. The van der Waals surface area contributed by atoms with Crippen LogP contribution in [0.4, 0.5) is 0 Å². The van der Waals surface area contributed by atoms with E-state index in [2.05, 4.69) is 31.8 Å². The molecule has 0 aliphatic rings. The van der Waals surface area contributed by atoms with E-state index in [-0.39, 0.29) is 0 Å². The molecule has 0 fully saturated rings. The summed E-state index contributed by atoms with van der Waals surface area (Å²) in [6, 6.07) is 2.08. The zero-order chi connectivity index (χ0) is 11.7. The summed E-state index contributed by atoms with van der Waals surface area (Å²) >= 11 is 1.67. The van der Waals surface area contributed by atoms with Crippen LogP contribution in [-0.2, 0) is 0 Å². The number of methoxy groups -OCH3 is 1. The summed E-state index contributed by atoms with van der Waals surface area (Å²) in [4.78, 5) is 4.38. The summed E-state index contributed by atoms with van der Waals surface area (Å²) < 4.78 is 5.36. The number of ether oxygens (including phenoxy) is 1. The second-order valence-corrected chi connectivity index (χ2v) is 4.75. The Morgan fingerprint density at radius 1 is 1.19 bits per heavy atom. The highest BCUT2D eigenvalue weighted by Gasteiger charge is 2.13.